The standard InChI is InChI=1S/C12H16FN3O/c1-16-8-2-3-11(16)12(17)15-14-10-6-4-9(13)5-7-10/h4-7,11,14H,2-3,8H2,1H3,(H,15,17). The van der Waals surface area contributed by atoms with E-state index in [0.29, 0.717) is 5.69 Å². The number of likely N-dealkylation sites (N-methyl/N-ethyl adjacent to an activating group) is 1. The molecule has 1 saturated heterocycles. The van der Waals surface area contributed by atoms with Gasteiger partial charge >= 0.3 is 0 Å². The van der Waals surface area contributed by atoms with Crippen LogP contribution in [0.5, 0.6) is 0 Å². The number of benzene rings is 1. The Morgan fingerprint density at radius 2 is 2.12 bits per heavy atom. The minimum atomic E-state index is -0.294. The van der Waals surface area contributed by atoms with Crippen molar-refractivity contribution in [3.8, 4) is 0 Å². The number of anilines is 1. The first kappa shape index (κ1) is 11.9. The maximum atomic E-state index is 12.7. The van der Waals surface area contributed by atoms with Gasteiger partial charge in [-0.3, -0.25) is 20.5 Å². The summed E-state index contributed by atoms with van der Waals surface area (Å²) in [6, 6.07) is 5.77. The molecule has 17 heavy (non-hydrogen) atoms. The second kappa shape index (κ2) is 5.14. The molecule has 2 rings (SSSR count). The number of hydrazine groups is 1. The summed E-state index contributed by atoms with van der Waals surface area (Å²) in [6.07, 6.45) is 1.93. The molecule has 1 aliphatic rings. The Hall–Kier alpha value is -1.62. The summed E-state index contributed by atoms with van der Waals surface area (Å²) < 4.78 is 12.7. The molecule has 0 saturated carbocycles. The van der Waals surface area contributed by atoms with E-state index >= 15 is 0 Å². The molecule has 92 valence electrons. The molecule has 1 unspecified atom stereocenters. The zero-order chi connectivity index (χ0) is 12.3. The molecule has 1 aliphatic heterocycles. The van der Waals surface area contributed by atoms with Gasteiger partial charge in [0.2, 0.25) is 0 Å². The fourth-order valence-corrected chi connectivity index (χ4v) is 1.99. The van der Waals surface area contributed by atoms with Crippen molar-refractivity contribution in [2.75, 3.05) is 19.0 Å². The number of hydrogen-bond donors (Lipinski definition) is 2. The van der Waals surface area contributed by atoms with E-state index in [9.17, 15) is 9.18 Å². The number of rotatable bonds is 3. The first-order valence-electron chi connectivity index (χ1n) is 5.68. The number of carbonyl (C=O) groups is 1. The van der Waals surface area contributed by atoms with E-state index in [4.69, 9.17) is 0 Å². The Balaban J connectivity index is 1.85. The van der Waals surface area contributed by atoms with Gasteiger partial charge in [0.15, 0.2) is 0 Å². The predicted octanol–water partition coefficient (Wildman–Crippen LogP) is 1.36. The highest BCUT2D eigenvalue weighted by Gasteiger charge is 2.27. The van der Waals surface area contributed by atoms with Gasteiger partial charge in [0.1, 0.15) is 5.82 Å². The molecule has 0 aromatic heterocycles. The van der Waals surface area contributed by atoms with Gasteiger partial charge in [0.05, 0.1) is 11.7 Å². The predicted molar refractivity (Wildman–Crippen MR) is 63.8 cm³/mol. The molecule has 1 atom stereocenters. The summed E-state index contributed by atoms with van der Waals surface area (Å²) in [5, 5.41) is 0. The van der Waals surface area contributed by atoms with E-state index in [0.717, 1.165) is 19.4 Å². The second-order valence-corrected chi connectivity index (χ2v) is 4.26. The highest BCUT2D eigenvalue weighted by atomic mass is 19.1. The van der Waals surface area contributed by atoms with Crippen LogP contribution in [0.1, 0.15) is 12.8 Å². The molecular formula is C12H16FN3O. The van der Waals surface area contributed by atoms with E-state index in [2.05, 4.69) is 10.9 Å². The number of nitrogens with one attached hydrogen (secondary N) is 2. The molecule has 1 aromatic rings. The van der Waals surface area contributed by atoms with E-state index in [1.807, 2.05) is 11.9 Å². The third kappa shape index (κ3) is 2.94. The van der Waals surface area contributed by atoms with Gasteiger partial charge in [0, 0.05) is 0 Å². The van der Waals surface area contributed by atoms with Gasteiger partial charge in [0.25, 0.3) is 5.91 Å². The van der Waals surface area contributed by atoms with Gasteiger partial charge in [-0.2, -0.15) is 0 Å². The lowest BCUT2D eigenvalue weighted by molar-refractivity contribution is -0.124. The van der Waals surface area contributed by atoms with Crippen LogP contribution in [0.15, 0.2) is 24.3 Å². The molecule has 1 fully saturated rings. The van der Waals surface area contributed by atoms with Gasteiger partial charge in [-0.15, -0.1) is 0 Å². The fraction of sp³-hybridized carbons (Fsp3) is 0.417. The normalized spacial score (nSPS) is 20.2. The summed E-state index contributed by atoms with van der Waals surface area (Å²) in [7, 11) is 1.94. The van der Waals surface area contributed by atoms with E-state index in [-0.39, 0.29) is 17.8 Å². The number of carbonyl (C=O) groups excluding carboxylic acids is 1. The van der Waals surface area contributed by atoms with Crippen molar-refractivity contribution in [3.05, 3.63) is 30.1 Å². The highest BCUT2D eigenvalue weighted by Crippen LogP contribution is 2.14. The Morgan fingerprint density at radius 1 is 1.41 bits per heavy atom. The SMILES string of the molecule is CN1CCCC1C(=O)NNc1ccc(F)cc1. The molecule has 1 amide bonds. The molecule has 2 N–H and O–H groups in total. The van der Waals surface area contributed by atoms with Crippen LogP contribution < -0.4 is 10.9 Å². The van der Waals surface area contributed by atoms with Crippen LogP contribution in [-0.4, -0.2) is 30.4 Å². The molecule has 5 heteroatoms. The third-order valence-electron chi connectivity index (χ3n) is 3.00. The third-order valence-corrected chi connectivity index (χ3v) is 3.00. The summed E-state index contributed by atoms with van der Waals surface area (Å²) in [5.41, 5.74) is 6.08. The zero-order valence-corrected chi connectivity index (χ0v) is 9.74. The fourth-order valence-electron chi connectivity index (χ4n) is 1.99. The number of hydrogen-bond acceptors (Lipinski definition) is 3. The molecule has 0 aliphatic carbocycles. The quantitative estimate of drug-likeness (QED) is 0.780. The van der Waals surface area contributed by atoms with Gasteiger partial charge < -0.3 is 0 Å². The lowest BCUT2D eigenvalue weighted by Gasteiger charge is -2.19. The summed E-state index contributed by atoms with van der Waals surface area (Å²) in [6.45, 7) is 0.953. The zero-order valence-electron chi connectivity index (χ0n) is 9.74. The maximum absolute atomic E-state index is 12.7. The van der Waals surface area contributed by atoms with E-state index in [1.54, 1.807) is 12.1 Å². The van der Waals surface area contributed by atoms with Crippen molar-refractivity contribution >= 4 is 11.6 Å². The molecular weight excluding hydrogens is 221 g/mol. The van der Waals surface area contributed by atoms with Gasteiger partial charge in [-0.05, 0) is 50.7 Å². The molecule has 0 spiro atoms. The molecule has 4 nitrogen and oxygen atoms in total. The van der Waals surface area contributed by atoms with E-state index in [1.165, 1.54) is 12.1 Å². The Morgan fingerprint density at radius 3 is 2.71 bits per heavy atom. The summed E-state index contributed by atoms with van der Waals surface area (Å²) in [5.74, 6) is -0.341. The Kier molecular flexibility index (Phi) is 3.58. The summed E-state index contributed by atoms with van der Waals surface area (Å²) in [4.78, 5) is 13.8. The second-order valence-electron chi connectivity index (χ2n) is 4.26. The van der Waals surface area contributed by atoms with Crippen LogP contribution in [0.25, 0.3) is 0 Å². The highest BCUT2D eigenvalue weighted by molar-refractivity contribution is 5.83. The monoisotopic (exact) mass is 237 g/mol. The largest absolute Gasteiger partial charge is 0.299 e. The first-order valence-corrected chi connectivity index (χ1v) is 5.68. The minimum Gasteiger partial charge on any atom is -0.299 e. The van der Waals surface area contributed by atoms with Crippen LogP contribution in [0.2, 0.25) is 0 Å². The number of nitrogens with zero attached hydrogens (tertiary/aromatic N) is 1. The van der Waals surface area contributed by atoms with Gasteiger partial charge in [-0.1, -0.05) is 0 Å². The lowest BCUT2D eigenvalue weighted by Crippen LogP contribution is -2.43. The average Bonchev–Trinajstić information content (AvgIpc) is 2.74. The van der Waals surface area contributed by atoms with Crippen molar-refractivity contribution in [2.24, 2.45) is 0 Å². The van der Waals surface area contributed by atoms with Crippen molar-refractivity contribution in [2.45, 2.75) is 18.9 Å². The van der Waals surface area contributed by atoms with Crippen LogP contribution >= 0.6 is 0 Å². The van der Waals surface area contributed by atoms with E-state index < -0.39 is 0 Å². The molecule has 0 bridgehead atoms. The summed E-state index contributed by atoms with van der Waals surface area (Å²) >= 11 is 0. The van der Waals surface area contributed by atoms with Crippen LogP contribution in [0.3, 0.4) is 0 Å². The molecule has 1 heterocycles. The van der Waals surface area contributed by atoms with Crippen molar-refractivity contribution < 1.29 is 9.18 Å². The first-order chi connectivity index (χ1) is 8.16. The van der Waals surface area contributed by atoms with Crippen molar-refractivity contribution in [1.29, 1.82) is 0 Å². The van der Waals surface area contributed by atoms with Crippen molar-refractivity contribution in [1.82, 2.24) is 10.3 Å². The molecule has 0 radical (unpaired) electrons. The van der Waals surface area contributed by atoms with Gasteiger partial charge in [-0.25, -0.2) is 4.39 Å². The lowest BCUT2D eigenvalue weighted by atomic mass is 10.2. The maximum Gasteiger partial charge on any atom is 0.255 e. The number of halogens is 1. The van der Waals surface area contributed by atoms with Crippen LogP contribution in [0, 0.1) is 5.82 Å². The van der Waals surface area contributed by atoms with Crippen LogP contribution in [-0.2, 0) is 4.79 Å². The Bertz CT molecular complexity index is 393. The average molecular weight is 237 g/mol. The van der Waals surface area contributed by atoms with Crippen LogP contribution in [0.4, 0.5) is 10.1 Å². The smallest absolute Gasteiger partial charge is 0.255 e. The number of amides is 1. The topological polar surface area (TPSA) is 44.4 Å². The number of likely N-dealkylation sites (tertiary alicyclic amines) is 1. The Labute approximate surface area is 99.8 Å². The van der Waals surface area contributed by atoms with Crippen molar-refractivity contribution in [3.63, 3.8) is 0 Å². The minimum absolute atomic E-state index is 0.0469. The molecule has 1 aromatic carbocycles.